The summed E-state index contributed by atoms with van der Waals surface area (Å²) in [5, 5.41) is 19.3. The Kier molecular flexibility index (Phi) is 4.37. The second-order valence-electron chi connectivity index (χ2n) is 5.50. The Morgan fingerprint density at radius 3 is 2.75 bits per heavy atom. The van der Waals surface area contributed by atoms with Crippen molar-refractivity contribution in [1.82, 2.24) is 30.0 Å². The summed E-state index contributed by atoms with van der Waals surface area (Å²) in [6.45, 7) is 6.53. The first-order valence-corrected chi connectivity index (χ1v) is 7.74. The minimum Gasteiger partial charge on any atom is -0.309 e. The zero-order chi connectivity index (χ0) is 17.1. The average molecular weight is 325 g/mol. The van der Waals surface area contributed by atoms with E-state index < -0.39 is 0 Å². The molecule has 0 aliphatic rings. The maximum atomic E-state index is 12.2. The van der Waals surface area contributed by atoms with Gasteiger partial charge >= 0.3 is 0 Å². The summed E-state index contributed by atoms with van der Waals surface area (Å²) in [4.78, 5) is 13.5. The smallest absolute Gasteiger partial charge is 0.249 e. The molecule has 0 saturated heterocycles. The first-order chi connectivity index (χ1) is 11.6. The lowest BCUT2D eigenvalue weighted by Gasteiger charge is -2.07. The highest BCUT2D eigenvalue weighted by Gasteiger charge is 2.13. The largest absolute Gasteiger partial charge is 0.309 e. The molecule has 0 aliphatic heterocycles. The number of hydrogen-bond donors (Lipinski definition) is 1. The van der Waals surface area contributed by atoms with Crippen LogP contribution < -0.4 is 5.32 Å². The highest BCUT2D eigenvalue weighted by atomic mass is 16.2. The fraction of sp³-hybridized carbons (Fsp3) is 0.312. The van der Waals surface area contributed by atoms with Crippen LogP contribution in [-0.2, 0) is 17.9 Å². The van der Waals surface area contributed by atoms with Crippen molar-refractivity contribution in [2.75, 3.05) is 5.32 Å². The van der Waals surface area contributed by atoms with E-state index in [4.69, 9.17) is 0 Å². The molecule has 1 amide bonds. The van der Waals surface area contributed by atoms with E-state index in [1.54, 1.807) is 10.9 Å². The number of rotatable bonds is 5. The molecule has 0 aliphatic carbocycles. The Morgan fingerprint density at radius 2 is 2.00 bits per heavy atom. The summed E-state index contributed by atoms with van der Waals surface area (Å²) in [5.74, 6) is 0.986. The van der Waals surface area contributed by atoms with Gasteiger partial charge in [0, 0.05) is 17.7 Å². The third-order valence-electron chi connectivity index (χ3n) is 3.70. The Bertz CT molecular complexity index is 865. The highest BCUT2D eigenvalue weighted by Crippen LogP contribution is 2.18. The number of hydrogen-bond acceptors (Lipinski definition) is 5. The van der Waals surface area contributed by atoms with Crippen LogP contribution in [0.4, 0.5) is 5.82 Å². The standard InChI is InChI=1S/C16H19N7O/c1-4-22-16(12(3)9-17-22)18-14(24)10-23-20-15(19-21-23)13-8-6-5-7-11(13)2/h5-9H,4,10H2,1-3H3,(H,18,24). The van der Waals surface area contributed by atoms with Gasteiger partial charge in [-0.2, -0.15) is 9.90 Å². The Hall–Kier alpha value is -3.03. The van der Waals surface area contributed by atoms with E-state index in [9.17, 15) is 4.79 Å². The van der Waals surface area contributed by atoms with Gasteiger partial charge in [-0.3, -0.25) is 4.79 Å². The minimum absolute atomic E-state index is 0.00673. The maximum absolute atomic E-state index is 12.2. The van der Waals surface area contributed by atoms with E-state index in [0.29, 0.717) is 18.2 Å². The molecule has 8 nitrogen and oxygen atoms in total. The van der Waals surface area contributed by atoms with Gasteiger partial charge in [-0.25, -0.2) is 4.68 Å². The second-order valence-corrected chi connectivity index (χ2v) is 5.50. The van der Waals surface area contributed by atoms with Crippen LogP contribution in [0.2, 0.25) is 0 Å². The molecule has 1 aromatic carbocycles. The van der Waals surface area contributed by atoms with Crippen molar-refractivity contribution in [2.24, 2.45) is 0 Å². The molecule has 0 atom stereocenters. The van der Waals surface area contributed by atoms with Gasteiger partial charge in [0.25, 0.3) is 0 Å². The van der Waals surface area contributed by atoms with Gasteiger partial charge in [0.1, 0.15) is 12.4 Å². The molecular weight excluding hydrogens is 306 g/mol. The molecule has 3 rings (SSSR count). The summed E-state index contributed by atoms with van der Waals surface area (Å²) >= 11 is 0. The van der Waals surface area contributed by atoms with Crippen LogP contribution in [0, 0.1) is 13.8 Å². The quantitative estimate of drug-likeness (QED) is 0.772. The summed E-state index contributed by atoms with van der Waals surface area (Å²) < 4.78 is 1.74. The number of nitrogens with one attached hydrogen (secondary N) is 1. The molecule has 0 bridgehead atoms. The molecule has 3 aromatic rings. The van der Waals surface area contributed by atoms with Gasteiger partial charge in [-0.05, 0) is 31.5 Å². The zero-order valence-corrected chi connectivity index (χ0v) is 13.9. The van der Waals surface area contributed by atoms with Crippen LogP contribution in [-0.4, -0.2) is 35.9 Å². The van der Waals surface area contributed by atoms with Crippen LogP contribution in [0.5, 0.6) is 0 Å². The molecule has 0 spiro atoms. The van der Waals surface area contributed by atoms with Gasteiger partial charge < -0.3 is 5.32 Å². The molecule has 8 heteroatoms. The molecule has 0 radical (unpaired) electrons. The normalized spacial score (nSPS) is 10.8. The average Bonchev–Trinajstić information content (AvgIpc) is 3.15. The van der Waals surface area contributed by atoms with Crippen molar-refractivity contribution >= 4 is 11.7 Å². The molecule has 0 saturated carbocycles. The number of nitrogens with zero attached hydrogens (tertiary/aromatic N) is 6. The molecule has 124 valence electrons. The minimum atomic E-state index is -0.220. The van der Waals surface area contributed by atoms with Crippen molar-refractivity contribution in [3.05, 3.63) is 41.6 Å². The number of carbonyl (C=O) groups is 1. The van der Waals surface area contributed by atoms with Gasteiger partial charge in [-0.1, -0.05) is 24.3 Å². The number of aromatic nitrogens is 6. The Balaban J connectivity index is 1.72. The number of amides is 1. The molecule has 1 N–H and O–H groups in total. The van der Waals surface area contributed by atoms with Crippen LogP contribution in [0.15, 0.2) is 30.5 Å². The van der Waals surface area contributed by atoms with Crippen molar-refractivity contribution in [1.29, 1.82) is 0 Å². The number of benzene rings is 1. The van der Waals surface area contributed by atoms with Crippen molar-refractivity contribution in [3.63, 3.8) is 0 Å². The predicted octanol–water partition coefficient (Wildman–Crippen LogP) is 1.81. The van der Waals surface area contributed by atoms with Gasteiger partial charge in [0.05, 0.1) is 6.20 Å². The van der Waals surface area contributed by atoms with Crippen LogP contribution in [0.25, 0.3) is 11.4 Å². The molecule has 2 heterocycles. The Morgan fingerprint density at radius 1 is 1.21 bits per heavy atom. The maximum Gasteiger partial charge on any atom is 0.249 e. The van der Waals surface area contributed by atoms with E-state index in [0.717, 1.165) is 16.7 Å². The topological polar surface area (TPSA) is 90.5 Å². The summed E-state index contributed by atoms with van der Waals surface area (Å²) in [7, 11) is 0. The van der Waals surface area contributed by atoms with E-state index in [-0.39, 0.29) is 12.5 Å². The second kappa shape index (κ2) is 6.61. The first-order valence-electron chi connectivity index (χ1n) is 7.74. The third kappa shape index (κ3) is 3.17. The van der Waals surface area contributed by atoms with E-state index in [1.165, 1.54) is 4.80 Å². The van der Waals surface area contributed by atoms with Crippen LogP contribution in [0.1, 0.15) is 18.1 Å². The van der Waals surface area contributed by atoms with Crippen molar-refractivity contribution in [2.45, 2.75) is 33.9 Å². The molecule has 2 aromatic heterocycles. The van der Waals surface area contributed by atoms with Crippen molar-refractivity contribution in [3.8, 4) is 11.4 Å². The van der Waals surface area contributed by atoms with E-state index in [2.05, 4.69) is 25.8 Å². The summed E-state index contributed by atoms with van der Waals surface area (Å²) in [5.41, 5.74) is 2.88. The highest BCUT2D eigenvalue weighted by molar-refractivity contribution is 5.90. The van der Waals surface area contributed by atoms with Gasteiger partial charge in [0.2, 0.25) is 11.7 Å². The molecule has 0 fully saturated rings. The fourth-order valence-corrected chi connectivity index (χ4v) is 2.42. The number of carbonyl (C=O) groups excluding carboxylic acids is 1. The van der Waals surface area contributed by atoms with Crippen LogP contribution >= 0.6 is 0 Å². The predicted molar refractivity (Wildman–Crippen MR) is 89.3 cm³/mol. The number of aryl methyl sites for hydroxylation is 3. The number of tetrazole rings is 1. The first kappa shape index (κ1) is 15.9. The third-order valence-corrected chi connectivity index (χ3v) is 3.70. The fourth-order valence-electron chi connectivity index (χ4n) is 2.42. The lowest BCUT2D eigenvalue weighted by atomic mass is 10.1. The van der Waals surface area contributed by atoms with Gasteiger partial charge in [0.15, 0.2) is 0 Å². The summed E-state index contributed by atoms with van der Waals surface area (Å²) in [6, 6.07) is 7.79. The van der Waals surface area contributed by atoms with Gasteiger partial charge in [-0.15, -0.1) is 10.2 Å². The number of anilines is 1. The monoisotopic (exact) mass is 325 g/mol. The SMILES string of the molecule is CCn1ncc(C)c1NC(=O)Cn1nnc(-c2ccccc2C)n1. The Labute approximate surface area is 139 Å². The van der Waals surface area contributed by atoms with E-state index >= 15 is 0 Å². The molecular formula is C16H19N7O. The summed E-state index contributed by atoms with van der Waals surface area (Å²) in [6.07, 6.45) is 1.73. The van der Waals surface area contributed by atoms with Crippen molar-refractivity contribution < 1.29 is 4.79 Å². The molecule has 24 heavy (non-hydrogen) atoms. The zero-order valence-electron chi connectivity index (χ0n) is 13.9. The lowest BCUT2D eigenvalue weighted by Crippen LogP contribution is -2.22. The molecule has 0 unspecified atom stereocenters. The lowest BCUT2D eigenvalue weighted by molar-refractivity contribution is -0.117. The van der Waals surface area contributed by atoms with Crippen LogP contribution in [0.3, 0.4) is 0 Å². The van der Waals surface area contributed by atoms with E-state index in [1.807, 2.05) is 45.0 Å².